The lowest BCUT2D eigenvalue weighted by Crippen LogP contribution is -2.40. The average molecular weight is 216 g/mol. The second-order valence-corrected chi connectivity index (χ2v) is 4.54. The van der Waals surface area contributed by atoms with Gasteiger partial charge in [0.1, 0.15) is 5.76 Å². The van der Waals surface area contributed by atoms with Crippen LogP contribution in [0.15, 0.2) is 11.8 Å². The second kappa shape index (κ2) is 7.15. The number of allylic oxidation sites excluding steroid dienone is 1. The van der Waals surface area contributed by atoms with Gasteiger partial charge < -0.3 is 4.74 Å². The number of rotatable bonds is 6. The van der Waals surface area contributed by atoms with E-state index in [1.807, 2.05) is 11.8 Å². The van der Waals surface area contributed by atoms with E-state index in [0.717, 1.165) is 31.0 Å². The van der Waals surface area contributed by atoms with Crippen molar-refractivity contribution in [1.82, 2.24) is 5.43 Å². The zero-order valence-corrected chi connectivity index (χ0v) is 9.61. The first-order chi connectivity index (χ1) is 6.88. The smallest absolute Gasteiger partial charge is 0.111 e. The molecule has 0 amide bonds. The van der Waals surface area contributed by atoms with Gasteiger partial charge in [0.15, 0.2) is 0 Å². The molecule has 0 saturated carbocycles. The molecule has 0 aromatic heterocycles. The Labute approximate surface area is 90.4 Å². The first-order valence-corrected chi connectivity index (χ1v) is 6.40. The molecule has 1 rings (SSSR count). The predicted molar refractivity (Wildman–Crippen MR) is 62.0 cm³/mol. The van der Waals surface area contributed by atoms with Crippen LogP contribution in [-0.4, -0.2) is 24.2 Å². The molecule has 0 aromatic carbocycles. The minimum Gasteiger partial charge on any atom is -0.497 e. The third-order valence-corrected chi connectivity index (χ3v) is 3.41. The Hall–Kier alpha value is -0.190. The molecule has 1 aliphatic heterocycles. The summed E-state index contributed by atoms with van der Waals surface area (Å²) in [4.78, 5) is 0. The van der Waals surface area contributed by atoms with E-state index in [1.165, 1.54) is 12.2 Å². The van der Waals surface area contributed by atoms with Crippen molar-refractivity contribution in [1.29, 1.82) is 0 Å². The standard InChI is InChI=1S/C10H20N2OS/c1-2-7-14-8-9(12-11)10-5-3-4-6-13-10/h5,9,12H,2-4,6-8,11H2,1H3. The molecule has 0 radical (unpaired) electrons. The molecule has 0 aliphatic carbocycles. The predicted octanol–water partition coefficient (Wildman–Crippen LogP) is 1.66. The number of hydrogen-bond donors (Lipinski definition) is 2. The van der Waals surface area contributed by atoms with Crippen molar-refractivity contribution >= 4 is 11.8 Å². The minimum atomic E-state index is 0.187. The lowest BCUT2D eigenvalue weighted by atomic mass is 10.2. The summed E-state index contributed by atoms with van der Waals surface area (Å²) in [6, 6.07) is 0.187. The van der Waals surface area contributed by atoms with Crippen molar-refractivity contribution in [2.24, 2.45) is 5.84 Å². The topological polar surface area (TPSA) is 47.3 Å². The van der Waals surface area contributed by atoms with Crippen molar-refractivity contribution in [3.63, 3.8) is 0 Å². The molecule has 1 heterocycles. The molecule has 0 saturated heterocycles. The number of hydrazine groups is 1. The molecular formula is C10H20N2OS. The third-order valence-electron chi connectivity index (χ3n) is 2.14. The van der Waals surface area contributed by atoms with Crippen molar-refractivity contribution in [2.45, 2.75) is 32.2 Å². The Morgan fingerprint density at radius 1 is 1.71 bits per heavy atom. The number of thioether (sulfide) groups is 1. The van der Waals surface area contributed by atoms with E-state index in [-0.39, 0.29) is 6.04 Å². The summed E-state index contributed by atoms with van der Waals surface area (Å²) < 4.78 is 5.57. The maximum absolute atomic E-state index is 5.57. The first kappa shape index (κ1) is 11.9. The Morgan fingerprint density at radius 3 is 3.14 bits per heavy atom. The Morgan fingerprint density at radius 2 is 2.57 bits per heavy atom. The van der Waals surface area contributed by atoms with Gasteiger partial charge in [0.05, 0.1) is 12.6 Å². The quantitative estimate of drug-likeness (QED) is 0.403. The molecule has 3 N–H and O–H groups in total. The number of hydrogen-bond acceptors (Lipinski definition) is 4. The van der Waals surface area contributed by atoms with Gasteiger partial charge in [-0.05, 0) is 31.1 Å². The Bertz CT molecular complexity index is 185. The van der Waals surface area contributed by atoms with Gasteiger partial charge in [0, 0.05) is 5.75 Å². The number of nitrogens with two attached hydrogens (primary N) is 1. The fourth-order valence-electron chi connectivity index (χ4n) is 1.38. The zero-order chi connectivity index (χ0) is 10.2. The summed E-state index contributed by atoms with van der Waals surface area (Å²) in [5, 5.41) is 0. The van der Waals surface area contributed by atoms with E-state index in [0.29, 0.717) is 0 Å². The van der Waals surface area contributed by atoms with Gasteiger partial charge in [0.25, 0.3) is 0 Å². The van der Waals surface area contributed by atoms with Crippen molar-refractivity contribution in [3.05, 3.63) is 11.8 Å². The van der Waals surface area contributed by atoms with Crippen molar-refractivity contribution in [2.75, 3.05) is 18.1 Å². The van der Waals surface area contributed by atoms with Crippen LogP contribution in [0.2, 0.25) is 0 Å². The van der Waals surface area contributed by atoms with E-state index in [2.05, 4.69) is 18.4 Å². The van der Waals surface area contributed by atoms with E-state index in [1.54, 1.807) is 0 Å². The highest BCUT2D eigenvalue weighted by molar-refractivity contribution is 7.99. The highest BCUT2D eigenvalue weighted by Crippen LogP contribution is 2.16. The molecule has 82 valence electrons. The molecule has 0 fully saturated rings. The van der Waals surface area contributed by atoms with Gasteiger partial charge in [-0.1, -0.05) is 6.92 Å². The number of ether oxygens (including phenoxy) is 1. The average Bonchev–Trinajstić information content (AvgIpc) is 2.26. The van der Waals surface area contributed by atoms with Crippen LogP contribution in [0, 0.1) is 0 Å². The van der Waals surface area contributed by atoms with E-state index < -0.39 is 0 Å². The van der Waals surface area contributed by atoms with Gasteiger partial charge >= 0.3 is 0 Å². The molecular weight excluding hydrogens is 196 g/mol. The molecule has 1 aliphatic rings. The summed E-state index contributed by atoms with van der Waals surface area (Å²) in [5.41, 5.74) is 2.82. The van der Waals surface area contributed by atoms with Gasteiger partial charge in [-0.15, -0.1) is 0 Å². The normalized spacial score (nSPS) is 18.6. The fourth-order valence-corrected chi connectivity index (χ4v) is 2.33. The minimum absolute atomic E-state index is 0.187. The van der Waals surface area contributed by atoms with Gasteiger partial charge in [-0.3, -0.25) is 5.84 Å². The summed E-state index contributed by atoms with van der Waals surface area (Å²) >= 11 is 1.92. The molecule has 0 spiro atoms. The van der Waals surface area contributed by atoms with Crippen LogP contribution in [0.25, 0.3) is 0 Å². The van der Waals surface area contributed by atoms with Crippen LogP contribution in [0.5, 0.6) is 0 Å². The zero-order valence-electron chi connectivity index (χ0n) is 8.79. The number of nitrogens with one attached hydrogen (secondary N) is 1. The molecule has 3 nitrogen and oxygen atoms in total. The van der Waals surface area contributed by atoms with Gasteiger partial charge in [0.2, 0.25) is 0 Å². The van der Waals surface area contributed by atoms with Crippen LogP contribution in [-0.2, 0) is 4.74 Å². The molecule has 0 aromatic rings. The van der Waals surface area contributed by atoms with Crippen LogP contribution in [0.1, 0.15) is 26.2 Å². The maximum atomic E-state index is 5.57. The SMILES string of the molecule is CCCSCC(NN)C1=CCCCO1. The maximum Gasteiger partial charge on any atom is 0.111 e. The van der Waals surface area contributed by atoms with Gasteiger partial charge in [-0.2, -0.15) is 11.8 Å². The second-order valence-electron chi connectivity index (χ2n) is 3.39. The summed E-state index contributed by atoms with van der Waals surface area (Å²) in [6.07, 6.45) is 5.61. The lowest BCUT2D eigenvalue weighted by molar-refractivity contribution is 0.172. The van der Waals surface area contributed by atoms with Crippen molar-refractivity contribution < 1.29 is 4.74 Å². The molecule has 0 bridgehead atoms. The van der Waals surface area contributed by atoms with E-state index in [9.17, 15) is 0 Å². The first-order valence-electron chi connectivity index (χ1n) is 5.25. The van der Waals surface area contributed by atoms with Crippen LogP contribution >= 0.6 is 11.8 Å². The largest absolute Gasteiger partial charge is 0.497 e. The van der Waals surface area contributed by atoms with Gasteiger partial charge in [-0.25, -0.2) is 5.43 Å². The lowest BCUT2D eigenvalue weighted by Gasteiger charge is -2.22. The summed E-state index contributed by atoms with van der Waals surface area (Å²) in [5.74, 6) is 8.71. The molecule has 1 unspecified atom stereocenters. The van der Waals surface area contributed by atoms with Crippen LogP contribution < -0.4 is 11.3 Å². The monoisotopic (exact) mass is 216 g/mol. The van der Waals surface area contributed by atoms with E-state index >= 15 is 0 Å². The molecule has 4 heteroatoms. The highest BCUT2D eigenvalue weighted by atomic mass is 32.2. The molecule has 14 heavy (non-hydrogen) atoms. The summed E-state index contributed by atoms with van der Waals surface area (Å²) in [6.45, 7) is 3.02. The van der Waals surface area contributed by atoms with Crippen LogP contribution in [0.4, 0.5) is 0 Å². The van der Waals surface area contributed by atoms with Crippen molar-refractivity contribution in [3.8, 4) is 0 Å². The molecule has 1 atom stereocenters. The third kappa shape index (κ3) is 3.90. The summed E-state index contributed by atoms with van der Waals surface area (Å²) in [7, 11) is 0. The highest BCUT2D eigenvalue weighted by Gasteiger charge is 2.15. The Balaban J connectivity index is 2.32. The fraction of sp³-hybridized carbons (Fsp3) is 0.800. The Kier molecular flexibility index (Phi) is 6.07. The van der Waals surface area contributed by atoms with E-state index in [4.69, 9.17) is 10.6 Å². The van der Waals surface area contributed by atoms with Crippen LogP contribution in [0.3, 0.4) is 0 Å².